The number of fused-ring (bicyclic) bond motifs is 1. The molecule has 12 heteroatoms. The summed E-state index contributed by atoms with van der Waals surface area (Å²) in [7, 11) is 1.39. The molecule has 1 aliphatic rings. The number of methoxy groups -OCH3 is 1. The second-order valence-corrected chi connectivity index (χ2v) is 10.5. The molecule has 1 aromatic heterocycles. The number of halogens is 3. The number of hydrogen-bond acceptors (Lipinski definition) is 5. The van der Waals surface area contributed by atoms with E-state index in [1.165, 1.54) is 30.2 Å². The molecule has 9 nitrogen and oxygen atoms in total. The number of hydrogen-bond donors (Lipinski definition) is 2. The van der Waals surface area contributed by atoms with Gasteiger partial charge in [-0.1, -0.05) is 48.5 Å². The number of carbonyl (C=O) groups is 3. The highest BCUT2D eigenvalue weighted by molar-refractivity contribution is 6.08. The number of anilines is 1. The highest BCUT2D eigenvalue weighted by atomic mass is 19.4. The average Bonchev–Trinajstić information content (AvgIpc) is 3.45. The van der Waals surface area contributed by atoms with Gasteiger partial charge in [0.1, 0.15) is 11.4 Å². The Morgan fingerprint density at radius 3 is 2.36 bits per heavy atom. The van der Waals surface area contributed by atoms with Crippen LogP contribution in [0.2, 0.25) is 0 Å². The lowest BCUT2D eigenvalue weighted by Gasteiger charge is -2.28. The van der Waals surface area contributed by atoms with Crippen molar-refractivity contribution in [1.29, 1.82) is 0 Å². The molecule has 2 heterocycles. The first-order valence-corrected chi connectivity index (χ1v) is 14.5. The summed E-state index contributed by atoms with van der Waals surface area (Å²) in [5.41, 5.74) is -0.0593. The molecule has 3 aromatic carbocycles. The largest absolute Gasteiger partial charge is 0.497 e. The number of rotatable bonds is 11. The number of benzene rings is 3. The first kappa shape index (κ1) is 31.3. The van der Waals surface area contributed by atoms with Crippen LogP contribution in [0, 0.1) is 0 Å². The van der Waals surface area contributed by atoms with E-state index >= 15 is 0 Å². The molecule has 0 saturated carbocycles. The minimum absolute atomic E-state index is 0.0121. The second-order valence-electron chi connectivity index (χ2n) is 10.5. The molecular formula is C33H32F3N5O4. The fraction of sp³-hybridized carbons (Fsp3) is 0.273. The number of ether oxygens (including phenoxy) is 1. The van der Waals surface area contributed by atoms with E-state index in [1.54, 1.807) is 30.3 Å². The molecule has 1 aliphatic heterocycles. The zero-order valence-electron chi connectivity index (χ0n) is 24.6. The Morgan fingerprint density at radius 1 is 0.956 bits per heavy atom. The van der Waals surface area contributed by atoms with Crippen molar-refractivity contribution in [3.8, 4) is 11.4 Å². The van der Waals surface area contributed by atoms with Crippen LogP contribution in [0.1, 0.15) is 50.5 Å². The van der Waals surface area contributed by atoms with Gasteiger partial charge in [0.2, 0.25) is 5.91 Å². The normalized spacial score (nSPS) is 12.9. The summed E-state index contributed by atoms with van der Waals surface area (Å²) in [6.07, 6.45) is -3.69. The van der Waals surface area contributed by atoms with E-state index in [9.17, 15) is 27.6 Å². The number of para-hydroxylation sites is 1. The van der Waals surface area contributed by atoms with Crippen LogP contribution in [0.15, 0.2) is 78.9 Å². The van der Waals surface area contributed by atoms with E-state index in [-0.39, 0.29) is 60.1 Å². The molecule has 45 heavy (non-hydrogen) atoms. The zero-order chi connectivity index (χ0) is 32.0. The molecule has 234 valence electrons. The number of carbonyl (C=O) groups excluding carboxylic acids is 3. The zero-order valence-corrected chi connectivity index (χ0v) is 24.6. The Kier molecular flexibility index (Phi) is 9.50. The molecule has 3 amide bonds. The summed E-state index contributed by atoms with van der Waals surface area (Å²) < 4.78 is 48.6. The Bertz CT molecular complexity index is 1670. The summed E-state index contributed by atoms with van der Waals surface area (Å²) >= 11 is 0. The summed E-state index contributed by atoms with van der Waals surface area (Å²) in [4.78, 5) is 40.8. The van der Waals surface area contributed by atoms with Crippen LogP contribution in [0.25, 0.3) is 5.69 Å². The second kappa shape index (κ2) is 13.7. The SMILES string of the molecule is COc1ccc(-n2nc(C(F)(F)F)c3c2C(=O)N(c2ccccc2)CC3)c(C(=O)NCCCC(=O)NCCc2ccccc2)c1. The molecule has 2 N–H and O–H groups in total. The van der Waals surface area contributed by atoms with Crippen molar-refractivity contribution < 1.29 is 32.3 Å². The highest BCUT2D eigenvalue weighted by Crippen LogP contribution is 2.37. The van der Waals surface area contributed by atoms with Crippen LogP contribution in [0.5, 0.6) is 5.75 Å². The molecule has 0 radical (unpaired) electrons. The fourth-order valence-electron chi connectivity index (χ4n) is 5.25. The lowest BCUT2D eigenvalue weighted by Crippen LogP contribution is -2.39. The maximum absolute atomic E-state index is 14.1. The summed E-state index contributed by atoms with van der Waals surface area (Å²) in [5.74, 6) is -1.15. The van der Waals surface area contributed by atoms with E-state index in [2.05, 4.69) is 15.7 Å². The van der Waals surface area contributed by atoms with Crippen molar-refractivity contribution in [3.63, 3.8) is 0 Å². The molecule has 5 rings (SSSR count). The standard InChI is InChI=1S/C33H32F3N5O4/c1-45-24-14-15-27(26(21-24)31(43)38-18-8-13-28(42)37-19-16-22-9-4-2-5-10-22)41-29-25(30(39-41)33(34,35)36)17-20-40(32(29)44)23-11-6-3-7-12-23/h2-7,9-12,14-15,21H,8,13,16-20H2,1H3,(H,37,42)(H,38,43). The summed E-state index contributed by atoms with van der Waals surface area (Å²) in [6.45, 7) is 0.657. The molecular weight excluding hydrogens is 587 g/mol. The summed E-state index contributed by atoms with van der Waals surface area (Å²) in [5, 5.41) is 9.43. The number of nitrogens with one attached hydrogen (secondary N) is 2. The van der Waals surface area contributed by atoms with Gasteiger partial charge in [-0.25, -0.2) is 4.68 Å². The maximum atomic E-state index is 14.1. The van der Waals surface area contributed by atoms with Crippen molar-refractivity contribution >= 4 is 23.4 Å². The monoisotopic (exact) mass is 619 g/mol. The Labute approximate surface area is 258 Å². The van der Waals surface area contributed by atoms with Crippen LogP contribution in [-0.4, -0.2) is 54.2 Å². The van der Waals surface area contributed by atoms with Gasteiger partial charge in [0, 0.05) is 37.3 Å². The third-order valence-corrected chi connectivity index (χ3v) is 7.47. The molecule has 0 bridgehead atoms. The summed E-state index contributed by atoms with van der Waals surface area (Å²) in [6, 6.07) is 22.6. The maximum Gasteiger partial charge on any atom is 0.435 e. The van der Waals surface area contributed by atoms with E-state index in [0.29, 0.717) is 25.1 Å². The van der Waals surface area contributed by atoms with Gasteiger partial charge in [0.05, 0.1) is 18.4 Å². The third-order valence-electron chi connectivity index (χ3n) is 7.47. The molecule has 0 saturated heterocycles. The van der Waals surface area contributed by atoms with Crippen molar-refractivity contribution in [1.82, 2.24) is 20.4 Å². The van der Waals surface area contributed by atoms with Gasteiger partial charge in [-0.2, -0.15) is 18.3 Å². The number of aromatic nitrogens is 2. The smallest absolute Gasteiger partial charge is 0.435 e. The quantitative estimate of drug-likeness (QED) is 0.231. The van der Waals surface area contributed by atoms with E-state index in [1.807, 2.05) is 30.3 Å². The Balaban J connectivity index is 1.34. The van der Waals surface area contributed by atoms with Crippen molar-refractivity contribution in [2.75, 3.05) is 31.6 Å². The molecule has 0 unspecified atom stereocenters. The van der Waals surface area contributed by atoms with Crippen LogP contribution in [0.4, 0.5) is 18.9 Å². The fourth-order valence-corrected chi connectivity index (χ4v) is 5.25. The van der Waals surface area contributed by atoms with Gasteiger partial charge in [0.25, 0.3) is 11.8 Å². The molecule has 4 aromatic rings. The van der Waals surface area contributed by atoms with Crippen molar-refractivity contribution in [2.45, 2.75) is 31.9 Å². The predicted octanol–water partition coefficient (Wildman–Crippen LogP) is 4.97. The van der Waals surface area contributed by atoms with Crippen molar-refractivity contribution in [3.05, 3.63) is 107 Å². The first-order chi connectivity index (χ1) is 21.7. The predicted molar refractivity (Wildman–Crippen MR) is 162 cm³/mol. The van der Waals surface area contributed by atoms with E-state index in [0.717, 1.165) is 10.2 Å². The molecule has 0 spiro atoms. The highest BCUT2D eigenvalue weighted by Gasteiger charge is 2.43. The van der Waals surface area contributed by atoms with Crippen LogP contribution >= 0.6 is 0 Å². The van der Waals surface area contributed by atoms with Gasteiger partial charge in [-0.3, -0.25) is 14.4 Å². The molecule has 0 atom stereocenters. The minimum atomic E-state index is -4.82. The Morgan fingerprint density at radius 2 is 1.67 bits per heavy atom. The topological polar surface area (TPSA) is 106 Å². The molecule has 0 fully saturated rings. The van der Waals surface area contributed by atoms with Gasteiger partial charge < -0.3 is 20.3 Å². The van der Waals surface area contributed by atoms with Gasteiger partial charge in [-0.05, 0) is 55.2 Å². The van der Waals surface area contributed by atoms with Gasteiger partial charge in [-0.15, -0.1) is 0 Å². The lowest BCUT2D eigenvalue weighted by molar-refractivity contribution is -0.142. The third kappa shape index (κ3) is 7.17. The van der Waals surface area contributed by atoms with Gasteiger partial charge >= 0.3 is 6.18 Å². The minimum Gasteiger partial charge on any atom is -0.497 e. The van der Waals surface area contributed by atoms with Crippen LogP contribution in [-0.2, 0) is 23.8 Å². The van der Waals surface area contributed by atoms with E-state index < -0.39 is 23.7 Å². The van der Waals surface area contributed by atoms with Crippen LogP contribution in [0.3, 0.4) is 0 Å². The average molecular weight is 620 g/mol. The lowest BCUT2D eigenvalue weighted by atomic mass is 10.0. The number of amides is 3. The molecule has 0 aliphatic carbocycles. The number of alkyl halides is 3. The van der Waals surface area contributed by atoms with E-state index in [4.69, 9.17) is 4.74 Å². The Hall–Kier alpha value is -5.13. The van der Waals surface area contributed by atoms with Crippen molar-refractivity contribution in [2.24, 2.45) is 0 Å². The van der Waals surface area contributed by atoms with Gasteiger partial charge in [0.15, 0.2) is 5.69 Å². The number of nitrogens with zero attached hydrogens (tertiary/aromatic N) is 3. The first-order valence-electron chi connectivity index (χ1n) is 14.5. The van der Waals surface area contributed by atoms with Crippen LogP contribution < -0.4 is 20.3 Å².